The van der Waals surface area contributed by atoms with Crippen LogP contribution in [0, 0.1) is 6.92 Å². The third-order valence-electron chi connectivity index (χ3n) is 4.68. The molecule has 1 amide bonds. The third-order valence-corrected chi connectivity index (χ3v) is 6.06. The Labute approximate surface area is 186 Å². The quantitative estimate of drug-likeness (QED) is 0.463. The molecule has 3 rings (SSSR count). The number of hydrogen-bond acceptors (Lipinski definition) is 5. The molecule has 8 heteroatoms. The van der Waals surface area contributed by atoms with E-state index < -0.39 is 0 Å². The number of ether oxygens (including phenoxy) is 1. The summed E-state index contributed by atoms with van der Waals surface area (Å²) >= 11 is 7.46. The SMILES string of the molecule is CCc1ccc(OCc2nnc(SCC(=O)Nc3cccc(Cl)c3C)n2CC)cc1. The lowest BCUT2D eigenvalue weighted by Gasteiger charge is -2.10. The summed E-state index contributed by atoms with van der Waals surface area (Å²) in [5.41, 5.74) is 2.83. The minimum atomic E-state index is -0.121. The molecule has 158 valence electrons. The molecule has 3 aromatic rings. The summed E-state index contributed by atoms with van der Waals surface area (Å²) in [5.74, 6) is 1.63. The molecule has 0 saturated heterocycles. The first kappa shape index (κ1) is 22.2. The van der Waals surface area contributed by atoms with E-state index in [1.165, 1.54) is 17.3 Å². The number of aryl methyl sites for hydroxylation is 1. The highest BCUT2D eigenvalue weighted by Crippen LogP contribution is 2.24. The number of carbonyl (C=O) groups is 1. The molecule has 0 saturated carbocycles. The third kappa shape index (κ3) is 5.55. The minimum Gasteiger partial charge on any atom is -0.486 e. The van der Waals surface area contributed by atoms with Gasteiger partial charge in [0.2, 0.25) is 5.91 Å². The van der Waals surface area contributed by atoms with E-state index in [-0.39, 0.29) is 11.7 Å². The number of carbonyl (C=O) groups excluding carboxylic acids is 1. The Balaban J connectivity index is 1.58. The number of hydrogen-bond donors (Lipinski definition) is 1. The first-order chi connectivity index (χ1) is 14.5. The number of anilines is 1. The number of benzene rings is 2. The maximum Gasteiger partial charge on any atom is 0.234 e. The van der Waals surface area contributed by atoms with Gasteiger partial charge < -0.3 is 14.6 Å². The average Bonchev–Trinajstić information content (AvgIpc) is 3.16. The van der Waals surface area contributed by atoms with E-state index in [1.807, 2.05) is 42.7 Å². The number of rotatable bonds is 9. The van der Waals surface area contributed by atoms with Crippen molar-refractivity contribution in [3.05, 3.63) is 64.4 Å². The van der Waals surface area contributed by atoms with E-state index in [1.54, 1.807) is 6.07 Å². The smallest absolute Gasteiger partial charge is 0.234 e. The van der Waals surface area contributed by atoms with Crippen LogP contribution in [0.2, 0.25) is 5.02 Å². The summed E-state index contributed by atoms with van der Waals surface area (Å²) in [7, 11) is 0. The van der Waals surface area contributed by atoms with Crippen molar-refractivity contribution in [2.45, 2.75) is 45.5 Å². The fourth-order valence-electron chi connectivity index (χ4n) is 2.88. The highest BCUT2D eigenvalue weighted by Gasteiger charge is 2.14. The normalized spacial score (nSPS) is 10.8. The molecule has 1 aromatic heterocycles. The topological polar surface area (TPSA) is 69.0 Å². The van der Waals surface area contributed by atoms with Crippen molar-refractivity contribution in [3.8, 4) is 5.75 Å². The average molecular weight is 445 g/mol. The van der Waals surface area contributed by atoms with Crippen molar-refractivity contribution in [1.29, 1.82) is 0 Å². The van der Waals surface area contributed by atoms with E-state index in [9.17, 15) is 4.79 Å². The fourth-order valence-corrected chi connectivity index (χ4v) is 3.87. The Morgan fingerprint density at radius 1 is 1.17 bits per heavy atom. The summed E-state index contributed by atoms with van der Waals surface area (Å²) in [6.07, 6.45) is 0.996. The molecule has 0 unspecified atom stereocenters. The van der Waals surface area contributed by atoms with Crippen molar-refractivity contribution >= 4 is 35.0 Å². The zero-order valence-electron chi connectivity index (χ0n) is 17.3. The van der Waals surface area contributed by atoms with E-state index in [4.69, 9.17) is 16.3 Å². The Morgan fingerprint density at radius 3 is 2.63 bits per heavy atom. The first-order valence-corrected chi connectivity index (χ1v) is 11.2. The van der Waals surface area contributed by atoms with Gasteiger partial charge in [0, 0.05) is 17.3 Å². The van der Waals surface area contributed by atoms with E-state index in [0.29, 0.717) is 29.0 Å². The molecule has 0 aliphatic heterocycles. The number of nitrogens with zero attached hydrogens (tertiary/aromatic N) is 3. The van der Waals surface area contributed by atoms with Gasteiger partial charge in [0.1, 0.15) is 12.4 Å². The molecule has 6 nitrogen and oxygen atoms in total. The molecular formula is C22H25ClN4O2S. The zero-order chi connectivity index (χ0) is 21.5. The Hall–Kier alpha value is -2.51. The number of nitrogens with one attached hydrogen (secondary N) is 1. The molecule has 0 bridgehead atoms. The largest absolute Gasteiger partial charge is 0.486 e. The number of aromatic nitrogens is 3. The maximum absolute atomic E-state index is 12.4. The van der Waals surface area contributed by atoms with Crippen molar-refractivity contribution in [2.24, 2.45) is 0 Å². The van der Waals surface area contributed by atoms with Crippen LogP contribution in [0.5, 0.6) is 5.75 Å². The molecule has 0 aliphatic rings. The van der Waals surface area contributed by atoms with Gasteiger partial charge in [-0.25, -0.2) is 0 Å². The van der Waals surface area contributed by atoms with Gasteiger partial charge in [-0.15, -0.1) is 10.2 Å². The maximum atomic E-state index is 12.4. The van der Waals surface area contributed by atoms with Crippen LogP contribution in [0.3, 0.4) is 0 Å². The van der Waals surface area contributed by atoms with Gasteiger partial charge in [0.05, 0.1) is 5.75 Å². The molecule has 30 heavy (non-hydrogen) atoms. The monoisotopic (exact) mass is 444 g/mol. The van der Waals surface area contributed by atoms with Crippen LogP contribution in [-0.4, -0.2) is 26.4 Å². The van der Waals surface area contributed by atoms with Gasteiger partial charge in [-0.2, -0.15) is 0 Å². The molecule has 0 fully saturated rings. The highest BCUT2D eigenvalue weighted by atomic mass is 35.5. The molecule has 1 N–H and O–H groups in total. The van der Waals surface area contributed by atoms with Crippen molar-refractivity contribution in [2.75, 3.05) is 11.1 Å². The van der Waals surface area contributed by atoms with Gasteiger partial charge in [-0.3, -0.25) is 4.79 Å². The van der Waals surface area contributed by atoms with Crippen LogP contribution in [-0.2, 0) is 24.4 Å². The number of amides is 1. The zero-order valence-corrected chi connectivity index (χ0v) is 18.9. The van der Waals surface area contributed by atoms with Crippen LogP contribution in [0.15, 0.2) is 47.6 Å². The Bertz CT molecular complexity index is 1000. The van der Waals surface area contributed by atoms with Crippen molar-refractivity contribution in [1.82, 2.24) is 14.8 Å². The van der Waals surface area contributed by atoms with Crippen molar-refractivity contribution < 1.29 is 9.53 Å². The molecule has 0 atom stereocenters. The van der Waals surface area contributed by atoms with Crippen molar-refractivity contribution in [3.63, 3.8) is 0 Å². The number of halogens is 1. The molecule has 2 aromatic carbocycles. The summed E-state index contributed by atoms with van der Waals surface area (Å²) in [6.45, 7) is 7.02. The van der Waals surface area contributed by atoms with Crippen LogP contribution in [0.1, 0.15) is 30.8 Å². The van der Waals surface area contributed by atoms with E-state index in [2.05, 4.69) is 34.6 Å². The fraction of sp³-hybridized carbons (Fsp3) is 0.318. The van der Waals surface area contributed by atoms with Gasteiger partial charge in [-0.1, -0.05) is 48.5 Å². The first-order valence-electron chi connectivity index (χ1n) is 9.83. The summed E-state index contributed by atoms with van der Waals surface area (Å²) in [6, 6.07) is 13.5. The van der Waals surface area contributed by atoms with Gasteiger partial charge in [-0.05, 0) is 55.7 Å². The minimum absolute atomic E-state index is 0.121. The second kappa shape index (κ2) is 10.5. The van der Waals surface area contributed by atoms with Gasteiger partial charge >= 0.3 is 0 Å². The molecule has 0 aliphatic carbocycles. The summed E-state index contributed by atoms with van der Waals surface area (Å²) < 4.78 is 7.81. The van der Waals surface area contributed by atoms with E-state index in [0.717, 1.165) is 23.6 Å². The molecule has 1 heterocycles. The van der Waals surface area contributed by atoms with Crippen LogP contribution in [0.4, 0.5) is 5.69 Å². The lowest BCUT2D eigenvalue weighted by molar-refractivity contribution is -0.113. The summed E-state index contributed by atoms with van der Waals surface area (Å²) in [5, 5.41) is 12.7. The predicted octanol–water partition coefficient (Wildman–Crippen LogP) is 5.13. The van der Waals surface area contributed by atoms with Crippen LogP contribution < -0.4 is 10.1 Å². The lowest BCUT2D eigenvalue weighted by atomic mass is 10.2. The Morgan fingerprint density at radius 2 is 1.93 bits per heavy atom. The summed E-state index contributed by atoms with van der Waals surface area (Å²) in [4.78, 5) is 12.4. The van der Waals surface area contributed by atoms with Gasteiger partial charge in [0.25, 0.3) is 0 Å². The van der Waals surface area contributed by atoms with Crippen LogP contribution in [0.25, 0.3) is 0 Å². The molecular weight excluding hydrogens is 420 g/mol. The lowest BCUT2D eigenvalue weighted by Crippen LogP contribution is -2.15. The van der Waals surface area contributed by atoms with Gasteiger partial charge in [0.15, 0.2) is 11.0 Å². The second-order valence-corrected chi connectivity index (χ2v) is 8.03. The standard InChI is InChI=1S/C22H25ClN4O2S/c1-4-16-9-11-17(12-10-16)29-13-20-25-26-22(27(20)5-2)30-14-21(28)24-19-8-6-7-18(23)15(19)3/h6-12H,4-5,13-14H2,1-3H3,(H,24,28). The molecule has 0 radical (unpaired) electrons. The highest BCUT2D eigenvalue weighted by molar-refractivity contribution is 7.99. The Kier molecular flexibility index (Phi) is 7.76. The number of thioether (sulfide) groups is 1. The molecule has 0 spiro atoms. The van der Waals surface area contributed by atoms with E-state index >= 15 is 0 Å². The second-order valence-electron chi connectivity index (χ2n) is 6.68. The van der Waals surface area contributed by atoms with Crippen LogP contribution >= 0.6 is 23.4 Å². The predicted molar refractivity (Wildman–Crippen MR) is 121 cm³/mol.